The van der Waals surface area contributed by atoms with Crippen molar-refractivity contribution in [1.29, 1.82) is 0 Å². The second-order valence-corrected chi connectivity index (χ2v) is 6.57. The van der Waals surface area contributed by atoms with Gasteiger partial charge in [0, 0.05) is 29.7 Å². The molecule has 1 aliphatic heterocycles. The average Bonchev–Trinajstić information content (AvgIpc) is 3.23. The van der Waals surface area contributed by atoms with Crippen LogP contribution in [0.5, 0.6) is 0 Å². The van der Waals surface area contributed by atoms with Crippen molar-refractivity contribution in [1.82, 2.24) is 15.0 Å². The molecule has 0 bridgehead atoms. The lowest BCUT2D eigenvalue weighted by atomic mass is 10.0. The molecule has 1 aliphatic rings. The van der Waals surface area contributed by atoms with Crippen LogP contribution in [0, 0.1) is 0 Å². The molecule has 3 heterocycles. The number of amidine groups is 1. The molecule has 1 aromatic carbocycles. The molecule has 0 fully saturated rings. The second kappa shape index (κ2) is 5.28. The minimum absolute atomic E-state index is 0.0576. The summed E-state index contributed by atoms with van der Waals surface area (Å²) >= 11 is 0. The van der Waals surface area contributed by atoms with E-state index in [1.807, 2.05) is 0 Å². The molecule has 0 spiro atoms. The van der Waals surface area contributed by atoms with Crippen LogP contribution < -0.4 is 5.14 Å². The van der Waals surface area contributed by atoms with Crippen molar-refractivity contribution in [3.8, 4) is 11.1 Å². The van der Waals surface area contributed by atoms with Crippen molar-refractivity contribution in [2.24, 2.45) is 20.4 Å². The third-order valence-corrected chi connectivity index (χ3v) is 4.56. The van der Waals surface area contributed by atoms with E-state index in [9.17, 15) is 8.42 Å². The normalized spacial score (nSPS) is 14.3. The second-order valence-electron chi connectivity index (χ2n) is 5.04. The van der Waals surface area contributed by atoms with Crippen LogP contribution in [0.2, 0.25) is 0 Å². The summed E-state index contributed by atoms with van der Waals surface area (Å²) in [5, 5.41) is 13.1. The number of rotatable bonds is 3. The number of nitrogens with two attached hydrogens (primary N) is 1. The number of aromatic amines is 1. The molecule has 3 N–H and O–H groups in total. The molecule has 0 atom stereocenters. The maximum atomic E-state index is 12.0. The first kappa shape index (κ1) is 14.6. The summed E-state index contributed by atoms with van der Waals surface area (Å²) < 4.78 is 24.0. The standard InChI is InChI=1S/C14H11N7O2S/c15-24(22,23)10-3-1-2-8(11(10)13-19-7-20-21-13)9-6-18-14-12(9)16-4-5-17-14/h1-6H,7H2,(H,17,18)(H2,15,22,23). The molecule has 3 aromatic rings. The van der Waals surface area contributed by atoms with Crippen LogP contribution in [0.15, 0.2) is 56.9 Å². The SMILES string of the molecule is NS(=O)(=O)c1cccc(-c2c[nH]c3nccnc23)c1C1=NCN=N1. The molecule has 24 heavy (non-hydrogen) atoms. The molecule has 0 amide bonds. The third-order valence-electron chi connectivity index (χ3n) is 3.60. The fourth-order valence-electron chi connectivity index (χ4n) is 2.64. The maximum absolute atomic E-state index is 12.0. The molecule has 0 unspecified atom stereocenters. The monoisotopic (exact) mass is 341 g/mol. The van der Waals surface area contributed by atoms with E-state index < -0.39 is 10.0 Å². The van der Waals surface area contributed by atoms with E-state index in [2.05, 4.69) is 30.2 Å². The van der Waals surface area contributed by atoms with Crippen LogP contribution in [-0.4, -0.2) is 35.9 Å². The Morgan fingerprint density at radius 3 is 2.71 bits per heavy atom. The van der Waals surface area contributed by atoms with Gasteiger partial charge in [-0.25, -0.2) is 23.5 Å². The number of aromatic nitrogens is 3. The number of hydrogen-bond donors (Lipinski definition) is 2. The number of sulfonamides is 1. The molecule has 0 radical (unpaired) electrons. The smallest absolute Gasteiger partial charge is 0.238 e. The highest BCUT2D eigenvalue weighted by molar-refractivity contribution is 7.89. The first-order chi connectivity index (χ1) is 11.6. The Morgan fingerprint density at radius 2 is 1.96 bits per heavy atom. The zero-order chi connectivity index (χ0) is 16.7. The van der Waals surface area contributed by atoms with E-state index in [0.717, 1.165) is 0 Å². The fraction of sp³-hybridized carbons (Fsp3) is 0.0714. The van der Waals surface area contributed by atoms with Gasteiger partial charge in [0.25, 0.3) is 0 Å². The summed E-state index contributed by atoms with van der Waals surface area (Å²) in [5.74, 6) is 0.230. The molecule has 9 nitrogen and oxygen atoms in total. The zero-order valence-corrected chi connectivity index (χ0v) is 13.0. The Bertz CT molecular complexity index is 1120. The van der Waals surface area contributed by atoms with Gasteiger partial charge in [-0.3, -0.25) is 4.98 Å². The molecule has 120 valence electrons. The van der Waals surface area contributed by atoms with Gasteiger partial charge in [0.15, 0.2) is 18.2 Å². The predicted octanol–water partition coefficient (Wildman–Crippen LogP) is 1.44. The van der Waals surface area contributed by atoms with E-state index in [1.54, 1.807) is 30.7 Å². The van der Waals surface area contributed by atoms with E-state index in [0.29, 0.717) is 27.9 Å². The van der Waals surface area contributed by atoms with Gasteiger partial charge >= 0.3 is 0 Å². The fourth-order valence-corrected chi connectivity index (χ4v) is 3.39. The van der Waals surface area contributed by atoms with Gasteiger partial charge in [-0.2, -0.15) is 5.11 Å². The minimum Gasteiger partial charge on any atom is -0.344 e. The molecule has 0 saturated heterocycles. The lowest BCUT2D eigenvalue weighted by Gasteiger charge is -2.11. The number of H-pyrrole nitrogens is 1. The van der Waals surface area contributed by atoms with Gasteiger partial charge in [-0.15, -0.1) is 5.11 Å². The van der Waals surface area contributed by atoms with Crippen molar-refractivity contribution >= 4 is 27.0 Å². The van der Waals surface area contributed by atoms with Crippen LogP contribution >= 0.6 is 0 Å². The summed E-state index contributed by atoms with van der Waals surface area (Å²) in [5.41, 5.74) is 2.79. The van der Waals surface area contributed by atoms with Crippen LogP contribution in [-0.2, 0) is 10.0 Å². The van der Waals surface area contributed by atoms with E-state index in [1.165, 1.54) is 6.07 Å². The van der Waals surface area contributed by atoms with Crippen molar-refractivity contribution in [3.63, 3.8) is 0 Å². The summed E-state index contributed by atoms with van der Waals surface area (Å²) in [6.45, 7) is 0.154. The third kappa shape index (κ3) is 2.28. The number of nitrogens with one attached hydrogen (secondary N) is 1. The highest BCUT2D eigenvalue weighted by Crippen LogP contribution is 2.33. The molecule has 10 heteroatoms. The number of nitrogens with zero attached hydrogens (tertiary/aromatic N) is 5. The predicted molar refractivity (Wildman–Crippen MR) is 87.0 cm³/mol. The Kier molecular flexibility index (Phi) is 3.22. The highest BCUT2D eigenvalue weighted by atomic mass is 32.2. The van der Waals surface area contributed by atoms with Gasteiger partial charge in [0.1, 0.15) is 5.52 Å². The minimum atomic E-state index is -3.97. The first-order valence-electron chi connectivity index (χ1n) is 6.92. The van der Waals surface area contributed by atoms with Crippen molar-refractivity contribution in [3.05, 3.63) is 42.4 Å². The number of azo groups is 1. The molecular weight excluding hydrogens is 330 g/mol. The van der Waals surface area contributed by atoms with Gasteiger partial charge < -0.3 is 4.98 Å². The summed E-state index contributed by atoms with van der Waals surface area (Å²) in [4.78, 5) is 15.6. The van der Waals surface area contributed by atoms with Gasteiger partial charge in [-0.1, -0.05) is 12.1 Å². The summed E-state index contributed by atoms with van der Waals surface area (Å²) in [6, 6.07) is 4.79. The van der Waals surface area contributed by atoms with Crippen molar-refractivity contribution in [2.45, 2.75) is 4.90 Å². The van der Waals surface area contributed by atoms with Gasteiger partial charge in [-0.05, 0) is 11.6 Å². The topological polar surface area (TPSA) is 139 Å². The Balaban J connectivity index is 2.08. The van der Waals surface area contributed by atoms with Crippen LogP contribution in [0.4, 0.5) is 0 Å². The van der Waals surface area contributed by atoms with E-state index >= 15 is 0 Å². The summed E-state index contributed by atoms with van der Waals surface area (Å²) in [7, 11) is -3.97. The maximum Gasteiger partial charge on any atom is 0.238 e. The van der Waals surface area contributed by atoms with Gasteiger partial charge in [0.2, 0.25) is 10.0 Å². The highest BCUT2D eigenvalue weighted by Gasteiger charge is 2.25. The Morgan fingerprint density at radius 1 is 1.12 bits per heavy atom. The van der Waals surface area contributed by atoms with Gasteiger partial charge in [0.05, 0.1) is 4.90 Å². The largest absolute Gasteiger partial charge is 0.344 e. The average molecular weight is 341 g/mol. The zero-order valence-electron chi connectivity index (χ0n) is 12.2. The molecular formula is C14H11N7O2S. The number of primary sulfonamides is 1. The summed E-state index contributed by atoms with van der Waals surface area (Å²) in [6.07, 6.45) is 4.85. The number of hydrogen-bond acceptors (Lipinski definition) is 7. The van der Waals surface area contributed by atoms with Crippen LogP contribution in [0.1, 0.15) is 5.56 Å². The number of aliphatic imine (C=N–C) groups is 1. The number of benzene rings is 1. The lowest BCUT2D eigenvalue weighted by molar-refractivity contribution is 0.597. The Labute approximate surface area is 136 Å². The molecule has 0 aliphatic carbocycles. The quantitative estimate of drug-likeness (QED) is 0.744. The van der Waals surface area contributed by atoms with E-state index in [4.69, 9.17) is 5.14 Å². The lowest BCUT2D eigenvalue weighted by Crippen LogP contribution is -2.17. The van der Waals surface area contributed by atoms with Crippen molar-refractivity contribution < 1.29 is 8.42 Å². The Hall–Kier alpha value is -2.98. The van der Waals surface area contributed by atoms with Crippen LogP contribution in [0.3, 0.4) is 0 Å². The first-order valence-corrected chi connectivity index (χ1v) is 8.47. The van der Waals surface area contributed by atoms with E-state index in [-0.39, 0.29) is 17.4 Å². The van der Waals surface area contributed by atoms with Crippen molar-refractivity contribution in [2.75, 3.05) is 6.67 Å². The van der Waals surface area contributed by atoms with Crippen LogP contribution in [0.25, 0.3) is 22.3 Å². The number of fused-ring (bicyclic) bond motifs is 1. The molecule has 2 aromatic heterocycles. The molecule has 4 rings (SSSR count). The molecule has 0 saturated carbocycles.